The van der Waals surface area contributed by atoms with Gasteiger partial charge in [-0.15, -0.1) is 0 Å². The number of ether oxygens (including phenoxy) is 30. The standard InChI is InChI=1S/C74H140O31/c1-2-3-4-5-6-7-8-71-9-11-72(12-10-71)105-74-70-104-68-66-102-64-62-100-60-58-98-56-54-96-52-50-94-48-46-92-44-42-90-40-38-88-36-34-86-32-30-84-28-26-82-24-22-80-20-18-78-16-14-76-13-15-77-17-19-79-21-23-81-25-27-83-29-31-85-33-35-87-37-39-89-41-43-91-45-47-93-49-51-95-53-55-97-57-59-99-61-63-101-65-67-103-69-73(74)75/h9-12,73-75H,2-8,13-70H2,1H3. The van der Waals surface area contributed by atoms with Crippen molar-refractivity contribution in [3.05, 3.63) is 29.8 Å². The summed E-state index contributed by atoms with van der Waals surface area (Å²) in [6.07, 6.45) is 6.90. The number of aryl methyl sites for hydroxylation is 1. The molecule has 1 N–H and O–H groups in total. The lowest BCUT2D eigenvalue weighted by Gasteiger charge is -2.24. The van der Waals surface area contributed by atoms with Gasteiger partial charge in [0.25, 0.3) is 0 Å². The molecule has 1 heterocycles. The first kappa shape index (κ1) is 98.9. The zero-order valence-electron chi connectivity index (χ0n) is 64.1. The van der Waals surface area contributed by atoms with Gasteiger partial charge in [0.15, 0.2) is 0 Å². The first-order chi connectivity index (χ1) is 52.3. The molecule has 0 spiro atoms. The van der Waals surface area contributed by atoms with Crippen LogP contribution in [0.5, 0.6) is 5.75 Å². The highest BCUT2D eigenvalue weighted by molar-refractivity contribution is 5.27. The second-order valence-corrected chi connectivity index (χ2v) is 23.1. The van der Waals surface area contributed by atoms with Crippen LogP contribution in [0, 0.1) is 0 Å². The summed E-state index contributed by atoms with van der Waals surface area (Å²) in [5, 5.41) is 11.2. The van der Waals surface area contributed by atoms with E-state index in [4.69, 9.17) is 142 Å². The van der Waals surface area contributed by atoms with Crippen molar-refractivity contribution in [2.75, 3.05) is 383 Å². The van der Waals surface area contributed by atoms with Crippen molar-refractivity contribution in [1.29, 1.82) is 0 Å². The predicted molar refractivity (Wildman–Crippen MR) is 388 cm³/mol. The van der Waals surface area contributed by atoms with Crippen LogP contribution in [0.25, 0.3) is 0 Å². The van der Waals surface area contributed by atoms with Gasteiger partial charge < -0.3 is 147 Å². The summed E-state index contributed by atoms with van der Waals surface area (Å²) in [5.41, 5.74) is 1.26. The Morgan fingerprint density at radius 2 is 0.381 bits per heavy atom. The lowest BCUT2D eigenvalue weighted by atomic mass is 10.0. The maximum Gasteiger partial charge on any atom is 0.150 e. The molecule has 0 bridgehead atoms. The minimum absolute atomic E-state index is 0.0433. The molecular weight excluding hydrogens is 1380 g/mol. The number of unbranched alkanes of at least 4 members (excludes halogenated alkanes) is 5. The third-order valence-corrected chi connectivity index (χ3v) is 14.4. The second kappa shape index (κ2) is 87.4. The van der Waals surface area contributed by atoms with Gasteiger partial charge >= 0.3 is 0 Å². The maximum absolute atomic E-state index is 11.2. The van der Waals surface area contributed by atoms with Gasteiger partial charge in [0.2, 0.25) is 0 Å². The molecule has 1 aliphatic heterocycles. The molecular formula is C74H140O31. The van der Waals surface area contributed by atoms with Crippen LogP contribution in [-0.4, -0.2) is 401 Å². The predicted octanol–water partition coefficient (Wildman–Crippen LogP) is 4.19. The van der Waals surface area contributed by atoms with Crippen LogP contribution < -0.4 is 4.74 Å². The van der Waals surface area contributed by atoms with Gasteiger partial charge in [-0.2, -0.15) is 0 Å². The minimum Gasteiger partial charge on any atom is -0.485 e. The second-order valence-electron chi connectivity index (χ2n) is 23.1. The van der Waals surface area contributed by atoms with Crippen molar-refractivity contribution in [3.63, 3.8) is 0 Å². The van der Waals surface area contributed by atoms with Crippen molar-refractivity contribution in [1.82, 2.24) is 0 Å². The SMILES string of the molecule is CCCCCCCCc1ccc(OC2COCCOCCOCCOCCOCCOCCOCCOCCOCCOCCOCCOCCOCCOCCOCCOCCOCCOCCOCCOCCOCCOCCOCCOCCOCCOCCOCCOCCOCC2O)cc1. The fourth-order valence-corrected chi connectivity index (χ4v) is 8.81. The van der Waals surface area contributed by atoms with Crippen molar-refractivity contribution < 1.29 is 147 Å². The molecule has 2 rings (SSSR count). The summed E-state index contributed by atoms with van der Waals surface area (Å²) in [6, 6.07) is 8.08. The Morgan fingerprint density at radius 1 is 0.219 bits per heavy atom. The van der Waals surface area contributed by atoms with Gasteiger partial charge in [-0.1, -0.05) is 51.2 Å². The number of rotatable bonds is 9. The lowest BCUT2D eigenvalue weighted by molar-refractivity contribution is -0.0740. The van der Waals surface area contributed by atoms with Crippen LogP contribution in [0.15, 0.2) is 24.3 Å². The summed E-state index contributed by atoms with van der Waals surface area (Å²) in [6.45, 7) is 27.9. The number of hydrogen-bond donors (Lipinski definition) is 1. The molecule has 2 atom stereocenters. The van der Waals surface area contributed by atoms with Crippen LogP contribution in [0.4, 0.5) is 0 Å². The average molecular weight is 1530 g/mol. The highest BCUT2D eigenvalue weighted by Crippen LogP contribution is 2.18. The van der Waals surface area contributed by atoms with Crippen LogP contribution in [0.1, 0.15) is 51.0 Å². The Bertz CT molecular complexity index is 1760. The van der Waals surface area contributed by atoms with E-state index in [2.05, 4.69) is 19.1 Å². The van der Waals surface area contributed by atoms with E-state index < -0.39 is 12.2 Å². The van der Waals surface area contributed by atoms with E-state index in [1.54, 1.807) is 0 Å². The molecule has 0 aliphatic carbocycles. The monoisotopic (exact) mass is 1520 g/mol. The molecule has 1 aromatic carbocycles. The number of hydrogen-bond acceptors (Lipinski definition) is 31. The zero-order chi connectivity index (χ0) is 74.3. The molecule has 31 heteroatoms. The topological polar surface area (TPSA) is 297 Å². The minimum atomic E-state index is -0.951. The van der Waals surface area contributed by atoms with E-state index in [-0.39, 0.29) is 13.2 Å². The maximum atomic E-state index is 11.2. The number of aliphatic hydroxyl groups excluding tert-OH is 1. The Hall–Kier alpha value is -2.18. The molecule has 2 unspecified atom stereocenters. The fourth-order valence-electron chi connectivity index (χ4n) is 8.81. The van der Waals surface area contributed by atoms with E-state index >= 15 is 0 Å². The smallest absolute Gasteiger partial charge is 0.150 e. The third-order valence-electron chi connectivity index (χ3n) is 14.4. The Morgan fingerprint density at radius 3 is 0.571 bits per heavy atom. The van der Waals surface area contributed by atoms with Gasteiger partial charge in [-0.3, -0.25) is 0 Å². The van der Waals surface area contributed by atoms with Crippen LogP contribution in [0.3, 0.4) is 0 Å². The van der Waals surface area contributed by atoms with Crippen LogP contribution in [0.2, 0.25) is 0 Å². The Labute approximate surface area is 627 Å². The van der Waals surface area contributed by atoms with E-state index in [0.29, 0.717) is 376 Å². The molecule has 0 amide bonds. The van der Waals surface area contributed by atoms with Gasteiger partial charge in [-0.25, -0.2) is 0 Å². The summed E-state index contributed by atoms with van der Waals surface area (Å²) in [7, 11) is 0. The largest absolute Gasteiger partial charge is 0.485 e. The summed E-state index contributed by atoms with van der Waals surface area (Å²) in [5.74, 6) is 0.653. The van der Waals surface area contributed by atoms with Crippen molar-refractivity contribution in [2.24, 2.45) is 0 Å². The molecule has 1 aromatic rings. The Balaban J connectivity index is 1.55. The van der Waals surface area contributed by atoms with Crippen LogP contribution in [-0.2, 0) is 144 Å². The van der Waals surface area contributed by atoms with E-state index in [9.17, 15) is 5.11 Å². The fraction of sp³-hybridized carbons (Fsp3) is 0.919. The van der Waals surface area contributed by atoms with Crippen molar-refractivity contribution in [2.45, 2.75) is 64.1 Å². The molecule has 0 radical (unpaired) electrons. The highest BCUT2D eigenvalue weighted by atomic mass is 16.6. The van der Waals surface area contributed by atoms with Crippen molar-refractivity contribution >= 4 is 0 Å². The molecule has 105 heavy (non-hydrogen) atoms. The van der Waals surface area contributed by atoms with Crippen LogP contribution >= 0.6 is 0 Å². The highest BCUT2D eigenvalue weighted by Gasteiger charge is 2.22. The molecule has 31 nitrogen and oxygen atoms in total. The average Bonchev–Trinajstić information content (AvgIpc) is 0.907. The molecule has 0 aromatic heterocycles. The Kier molecular flexibility index (Phi) is 82.3. The summed E-state index contributed by atoms with van der Waals surface area (Å²) >= 11 is 0. The summed E-state index contributed by atoms with van der Waals surface area (Å²) in [4.78, 5) is 0. The molecule has 1 fully saturated rings. The van der Waals surface area contributed by atoms with E-state index in [1.165, 1.54) is 37.7 Å². The molecule has 0 saturated carbocycles. The van der Waals surface area contributed by atoms with Gasteiger partial charge in [-0.05, 0) is 30.5 Å². The number of aliphatic hydroxyl groups is 1. The normalized spacial score (nSPS) is 23.5. The zero-order valence-corrected chi connectivity index (χ0v) is 64.1. The molecule has 1 saturated heterocycles. The summed E-state index contributed by atoms with van der Waals surface area (Å²) < 4.78 is 169. The van der Waals surface area contributed by atoms with Gasteiger partial charge in [0.05, 0.1) is 383 Å². The van der Waals surface area contributed by atoms with E-state index in [0.717, 1.165) is 12.8 Å². The van der Waals surface area contributed by atoms with Crippen molar-refractivity contribution in [3.8, 4) is 5.75 Å². The van der Waals surface area contributed by atoms with Gasteiger partial charge in [0.1, 0.15) is 18.0 Å². The quantitative estimate of drug-likeness (QED) is 0.339. The van der Waals surface area contributed by atoms with Gasteiger partial charge in [0, 0.05) is 0 Å². The van der Waals surface area contributed by atoms with E-state index in [1.807, 2.05) is 12.1 Å². The number of benzene rings is 1. The first-order valence-corrected chi connectivity index (χ1v) is 38.5. The third kappa shape index (κ3) is 78.3. The molecule has 622 valence electrons. The lowest BCUT2D eigenvalue weighted by Crippen LogP contribution is -2.39. The first-order valence-electron chi connectivity index (χ1n) is 38.5. The molecule has 1 aliphatic rings.